The highest BCUT2D eigenvalue weighted by Gasteiger charge is 2.26. The van der Waals surface area contributed by atoms with Gasteiger partial charge < -0.3 is 19.7 Å². The Kier molecular flexibility index (Phi) is 4.89. The Balaban J connectivity index is 2.08. The van der Waals surface area contributed by atoms with E-state index in [2.05, 4.69) is 22.2 Å². The van der Waals surface area contributed by atoms with Crippen molar-refractivity contribution >= 4 is 22.3 Å². The molecule has 25 heavy (non-hydrogen) atoms. The maximum absolute atomic E-state index is 11.6. The predicted octanol–water partition coefficient (Wildman–Crippen LogP) is 2.67. The third kappa shape index (κ3) is 3.30. The van der Waals surface area contributed by atoms with E-state index < -0.39 is 4.92 Å². The molecule has 0 saturated carbocycles. The molecule has 1 aromatic carbocycles. The van der Waals surface area contributed by atoms with Crippen LogP contribution < -0.4 is 14.8 Å². The first-order chi connectivity index (χ1) is 12.0. The minimum Gasteiger partial charge on any atom is -0.493 e. The zero-order valence-corrected chi connectivity index (χ0v) is 14.6. The molecule has 0 atom stereocenters. The number of nitrogens with zero attached hydrogens (tertiary/aromatic N) is 3. The number of aromatic nitrogens is 1. The summed E-state index contributed by atoms with van der Waals surface area (Å²) in [6.07, 6.45) is 3.59. The molecule has 8 nitrogen and oxygen atoms in total. The largest absolute Gasteiger partial charge is 0.493 e. The number of nitro groups is 1. The molecule has 1 saturated heterocycles. The van der Waals surface area contributed by atoms with Gasteiger partial charge >= 0.3 is 5.69 Å². The molecule has 0 bridgehead atoms. The molecule has 2 aromatic rings. The highest BCUT2D eigenvalue weighted by molar-refractivity contribution is 6.01. The summed E-state index contributed by atoms with van der Waals surface area (Å²) in [5, 5.41) is 16.2. The van der Waals surface area contributed by atoms with Crippen molar-refractivity contribution in [2.24, 2.45) is 0 Å². The van der Waals surface area contributed by atoms with E-state index in [9.17, 15) is 10.1 Å². The van der Waals surface area contributed by atoms with Crippen LogP contribution in [0.15, 0.2) is 18.3 Å². The van der Waals surface area contributed by atoms with Crippen LogP contribution in [0, 0.1) is 10.1 Å². The molecular formula is C17H22N4O4. The fraction of sp³-hybridized carbons (Fsp3) is 0.471. The first-order valence-electron chi connectivity index (χ1n) is 8.18. The van der Waals surface area contributed by atoms with Crippen molar-refractivity contribution in [2.75, 3.05) is 39.7 Å². The van der Waals surface area contributed by atoms with Crippen LogP contribution >= 0.6 is 0 Å². The van der Waals surface area contributed by atoms with Crippen molar-refractivity contribution in [2.45, 2.75) is 18.9 Å². The van der Waals surface area contributed by atoms with E-state index >= 15 is 0 Å². The van der Waals surface area contributed by atoms with Crippen molar-refractivity contribution in [3.05, 3.63) is 28.4 Å². The zero-order valence-electron chi connectivity index (χ0n) is 14.6. The van der Waals surface area contributed by atoms with Crippen molar-refractivity contribution in [1.29, 1.82) is 0 Å². The summed E-state index contributed by atoms with van der Waals surface area (Å²) in [6.45, 7) is 2.03. The first kappa shape index (κ1) is 17.2. The van der Waals surface area contributed by atoms with Crippen LogP contribution in [0.25, 0.3) is 10.8 Å². The number of ether oxygens (including phenoxy) is 2. The fourth-order valence-corrected chi connectivity index (χ4v) is 3.25. The Morgan fingerprint density at radius 2 is 2.00 bits per heavy atom. The maximum atomic E-state index is 11.6. The number of anilines is 1. The lowest BCUT2D eigenvalue weighted by molar-refractivity contribution is -0.384. The molecule has 0 radical (unpaired) electrons. The lowest BCUT2D eigenvalue weighted by Gasteiger charge is -2.30. The molecule has 8 heteroatoms. The predicted molar refractivity (Wildman–Crippen MR) is 95.6 cm³/mol. The van der Waals surface area contributed by atoms with Crippen LogP contribution in [0.4, 0.5) is 11.5 Å². The van der Waals surface area contributed by atoms with E-state index in [0.29, 0.717) is 28.4 Å². The number of hydrogen-bond acceptors (Lipinski definition) is 7. The molecule has 1 fully saturated rings. The van der Waals surface area contributed by atoms with Crippen LogP contribution in [-0.4, -0.2) is 55.2 Å². The Morgan fingerprint density at radius 1 is 1.28 bits per heavy atom. The fourth-order valence-electron chi connectivity index (χ4n) is 3.25. The first-order valence-corrected chi connectivity index (χ1v) is 8.18. The molecule has 1 aliphatic heterocycles. The van der Waals surface area contributed by atoms with Gasteiger partial charge in [-0.25, -0.2) is 4.98 Å². The van der Waals surface area contributed by atoms with Gasteiger partial charge in [0.05, 0.1) is 24.5 Å². The molecule has 0 amide bonds. The molecule has 1 N–H and O–H groups in total. The van der Waals surface area contributed by atoms with E-state index in [-0.39, 0.29) is 11.4 Å². The second-order valence-electron chi connectivity index (χ2n) is 6.19. The minimum atomic E-state index is -0.441. The summed E-state index contributed by atoms with van der Waals surface area (Å²) < 4.78 is 10.5. The maximum Gasteiger partial charge on any atom is 0.322 e. The van der Waals surface area contributed by atoms with Gasteiger partial charge in [-0.1, -0.05) is 0 Å². The van der Waals surface area contributed by atoms with E-state index in [0.717, 1.165) is 25.9 Å². The molecule has 1 aromatic heterocycles. The van der Waals surface area contributed by atoms with E-state index in [1.807, 2.05) is 0 Å². The average molecular weight is 346 g/mol. The molecule has 3 rings (SSSR count). The number of hydrogen-bond donors (Lipinski definition) is 1. The Hall–Kier alpha value is -2.61. The van der Waals surface area contributed by atoms with Crippen molar-refractivity contribution in [3.8, 4) is 11.5 Å². The second-order valence-corrected chi connectivity index (χ2v) is 6.19. The monoisotopic (exact) mass is 346 g/mol. The quantitative estimate of drug-likeness (QED) is 0.657. The molecule has 0 spiro atoms. The molecule has 0 unspecified atom stereocenters. The third-order valence-electron chi connectivity index (χ3n) is 4.63. The van der Waals surface area contributed by atoms with Gasteiger partial charge in [0.15, 0.2) is 5.75 Å². The van der Waals surface area contributed by atoms with Crippen LogP contribution in [-0.2, 0) is 0 Å². The van der Waals surface area contributed by atoms with E-state index in [1.54, 1.807) is 18.3 Å². The van der Waals surface area contributed by atoms with Crippen molar-refractivity contribution in [1.82, 2.24) is 9.88 Å². The van der Waals surface area contributed by atoms with Crippen molar-refractivity contribution in [3.63, 3.8) is 0 Å². The van der Waals surface area contributed by atoms with Gasteiger partial charge in [-0.2, -0.15) is 0 Å². The number of piperidine rings is 1. The number of nitro benzene ring substituents is 1. The van der Waals surface area contributed by atoms with Crippen LogP contribution in [0.1, 0.15) is 12.8 Å². The summed E-state index contributed by atoms with van der Waals surface area (Å²) in [6, 6.07) is 3.67. The Labute approximate surface area is 145 Å². The normalized spacial score (nSPS) is 16.0. The summed E-state index contributed by atoms with van der Waals surface area (Å²) in [7, 11) is 4.97. The van der Waals surface area contributed by atoms with Gasteiger partial charge in [0.2, 0.25) is 5.75 Å². The molecular weight excluding hydrogens is 324 g/mol. The Morgan fingerprint density at radius 3 is 2.60 bits per heavy atom. The average Bonchev–Trinajstić information content (AvgIpc) is 2.61. The van der Waals surface area contributed by atoms with Crippen LogP contribution in [0.5, 0.6) is 11.5 Å². The van der Waals surface area contributed by atoms with Gasteiger partial charge in [-0.15, -0.1) is 0 Å². The lowest BCUT2D eigenvalue weighted by Crippen LogP contribution is -2.36. The number of pyridine rings is 1. The summed E-state index contributed by atoms with van der Waals surface area (Å²) in [4.78, 5) is 17.9. The number of methoxy groups -OCH3 is 2. The number of fused-ring (bicyclic) bond motifs is 1. The van der Waals surface area contributed by atoms with Crippen LogP contribution in [0.3, 0.4) is 0 Å². The summed E-state index contributed by atoms with van der Waals surface area (Å²) in [5.74, 6) is 1.08. The van der Waals surface area contributed by atoms with Gasteiger partial charge in [0.25, 0.3) is 0 Å². The van der Waals surface area contributed by atoms with E-state index in [1.165, 1.54) is 14.2 Å². The standard InChI is InChI=1S/C17H22N4O4/c1-20-8-5-11(6-9-20)19-17-13-10-14(24-2)16(25-3)15(21(22)23)12(13)4-7-18-17/h4,7,10-11H,5-6,8-9H2,1-3H3,(H,18,19). The Bertz CT molecular complexity index is 788. The molecule has 2 heterocycles. The lowest BCUT2D eigenvalue weighted by atomic mass is 10.0. The highest BCUT2D eigenvalue weighted by Crippen LogP contribution is 2.44. The number of benzene rings is 1. The minimum absolute atomic E-state index is 0.106. The van der Waals surface area contributed by atoms with Crippen LogP contribution in [0.2, 0.25) is 0 Å². The van der Waals surface area contributed by atoms with Gasteiger partial charge in [0.1, 0.15) is 5.82 Å². The van der Waals surface area contributed by atoms with Gasteiger partial charge in [0, 0.05) is 17.6 Å². The smallest absolute Gasteiger partial charge is 0.322 e. The van der Waals surface area contributed by atoms with Crippen molar-refractivity contribution < 1.29 is 14.4 Å². The third-order valence-corrected chi connectivity index (χ3v) is 4.63. The van der Waals surface area contributed by atoms with E-state index in [4.69, 9.17) is 9.47 Å². The number of nitrogens with one attached hydrogen (secondary N) is 1. The number of rotatable bonds is 5. The second kappa shape index (κ2) is 7.10. The highest BCUT2D eigenvalue weighted by atomic mass is 16.6. The van der Waals surface area contributed by atoms with Gasteiger partial charge in [-0.05, 0) is 45.1 Å². The number of likely N-dealkylation sites (tertiary alicyclic amines) is 1. The summed E-state index contributed by atoms with van der Waals surface area (Å²) in [5.41, 5.74) is -0.106. The molecule has 134 valence electrons. The molecule has 1 aliphatic rings. The summed E-state index contributed by atoms with van der Waals surface area (Å²) >= 11 is 0. The van der Waals surface area contributed by atoms with Gasteiger partial charge in [-0.3, -0.25) is 10.1 Å². The zero-order chi connectivity index (χ0) is 18.0. The molecule has 0 aliphatic carbocycles. The SMILES string of the molecule is COc1cc2c(NC3CCN(C)CC3)nccc2c([N+](=O)[O-])c1OC. The topological polar surface area (TPSA) is 89.8 Å².